The fraction of sp³-hybridized carbons (Fsp3) is 0.455. The highest BCUT2D eigenvalue weighted by Crippen LogP contribution is 2.29. The van der Waals surface area contributed by atoms with E-state index in [1.54, 1.807) is 0 Å². The standard InChI is InChI=1S/C22H27NO4/c24-17(21-11-9-15-5-1-3-7-19(15)26-21)13-23-14-18(25)22-12-10-16-6-2-4-8-20(16)27-22/h1-8,17-18,21-25H,9-14H2/t17-,18-,21-,22+/m0/s1. The second-order valence-corrected chi connectivity index (χ2v) is 7.40. The van der Waals surface area contributed by atoms with Gasteiger partial charge >= 0.3 is 0 Å². The van der Waals surface area contributed by atoms with E-state index in [0.29, 0.717) is 13.1 Å². The summed E-state index contributed by atoms with van der Waals surface area (Å²) in [5.74, 6) is 1.73. The first kappa shape index (κ1) is 18.3. The number of hydrogen-bond donors (Lipinski definition) is 3. The number of rotatable bonds is 6. The van der Waals surface area contributed by atoms with E-state index in [0.717, 1.165) is 37.2 Å². The van der Waals surface area contributed by atoms with Crippen molar-refractivity contribution in [1.29, 1.82) is 0 Å². The van der Waals surface area contributed by atoms with Crippen LogP contribution in [0, 0.1) is 0 Å². The molecule has 0 saturated carbocycles. The summed E-state index contributed by atoms with van der Waals surface area (Å²) in [4.78, 5) is 0. The number of aliphatic hydroxyl groups excluding tert-OH is 2. The van der Waals surface area contributed by atoms with Crippen LogP contribution in [0.1, 0.15) is 24.0 Å². The Morgan fingerprint density at radius 3 is 1.70 bits per heavy atom. The molecule has 5 heteroatoms. The van der Waals surface area contributed by atoms with Gasteiger partial charge in [-0.3, -0.25) is 0 Å². The molecular weight excluding hydrogens is 342 g/mol. The number of ether oxygens (including phenoxy) is 2. The van der Waals surface area contributed by atoms with Crippen LogP contribution in [0.2, 0.25) is 0 Å². The molecule has 2 aromatic rings. The Morgan fingerprint density at radius 1 is 0.778 bits per heavy atom. The maximum Gasteiger partial charge on any atom is 0.126 e. The Balaban J connectivity index is 1.23. The molecule has 27 heavy (non-hydrogen) atoms. The Bertz CT molecular complexity index is 702. The van der Waals surface area contributed by atoms with Crippen molar-refractivity contribution in [3.05, 3.63) is 59.7 Å². The van der Waals surface area contributed by atoms with Crippen molar-refractivity contribution in [3.8, 4) is 11.5 Å². The Kier molecular flexibility index (Phi) is 5.62. The summed E-state index contributed by atoms with van der Waals surface area (Å²) in [7, 11) is 0. The third-order valence-electron chi connectivity index (χ3n) is 5.46. The first-order valence-corrected chi connectivity index (χ1v) is 9.76. The molecular formula is C22H27NO4. The van der Waals surface area contributed by atoms with Gasteiger partial charge in [-0.25, -0.2) is 0 Å². The smallest absolute Gasteiger partial charge is 0.126 e. The van der Waals surface area contributed by atoms with Crippen molar-refractivity contribution in [2.24, 2.45) is 0 Å². The van der Waals surface area contributed by atoms with E-state index in [9.17, 15) is 10.2 Å². The minimum absolute atomic E-state index is 0.220. The number of para-hydroxylation sites is 2. The van der Waals surface area contributed by atoms with Gasteiger partial charge in [0.15, 0.2) is 0 Å². The monoisotopic (exact) mass is 369 g/mol. The summed E-state index contributed by atoms with van der Waals surface area (Å²) in [6.45, 7) is 0.764. The zero-order valence-electron chi connectivity index (χ0n) is 15.4. The van der Waals surface area contributed by atoms with E-state index in [2.05, 4.69) is 17.4 Å². The van der Waals surface area contributed by atoms with E-state index in [-0.39, 0.29) is 12.2 Å². The highest BCUT2D eigenvalue weighted by Gasteiger charge is 2.28. The number of aryl methyl sites for hydroxylation is 2. The van der Waals surface area contributed by atoms with Gasteiger partial charge in [0.2, 0.25) is 0 Å². The molecule has 3 N–H and O–H groups in total. The minimum atomic E-state index is -0.612. The molecule has 0 amide bonds. The van der Waals surface area contributed by atoms with Crippen LogP contribution in [-0.2, 0) is 12.8 Å². The molecule has 0 unspecified atom stereocenters. The lowest BCUT2D eigenvalue weighted by atomic mass is 9.98. The van der Waals surface area contributed by atoms with Crippen molar-refractivity contribution in [1.82, 2.24) is 5.32 Å². The summed E-state index contributed by atoms with van der Waals surface area (Å²) in [5.41, 5.74) is 2.39. The lowest BCUT2D eigenvalue weighted by Gasteiger charge is -2.31. The molecule has 0 fully saturated rings. The number of benzene rings is 2. The SMILES string of the molecule is O[C@@H](CNC[C@H](O)[C@H]1CCc2ccccc2O1)[C@@H]1CCc2ccccc2O1. The summed E-state index contributed by atoms with van der Waals surface area (Å²) in [6, 6.07) is 15.9. The quantitative estimate of drug-likeness (QED) is 0.727. The molecule has 2 aliphatic heterocycles. The first-order valence-electron chi connectivity index (χ1n) is 9.76. The van der Waals surface area contributed by atoms with Gasteiger partial charge in [0.25, 0.3) is 0 Å². The van der Waals surface area contributed by atoms with Crippen LogP contribution in [0.4, 0.5) is 0 Å². The molecule has 0 aliphatic carbocycles. The van der Waals surface area contributed by atoms with Crippen LogP contribution in [0.15, 0.2) is 48.5 Å². The number of hydrogen-bond acceptors (Lipinski definition) is 5. The van der Waals surface area contributed by atoms with Crippen molar-refractivity contribution in [2.45, 2.75) is 50.1 Å². The summed E-state index contributed by atoms with van der Waals surface area (Å²) in [6.07, 6.45) is 1.75. The molecule has 2 heterocycles. The second kappa shape index (κ2) is 8.30. The zero-order chi connectivity index (χ0) is 18.6. The molecule has 2 aromatic carbocycles. The van der Waals surface area contributed by atoms with Crippen molar-refractivity contribution < 1.29 is 19.7 Å². The van der Waals surface area contributed by atoms with Crippen LogP contribution >= 0.6 is 0 Å². The molecule has 2 aliphatic rings. The molecule has 0 aromatic heterocycles. The van der Waals surface area contributed by atoms with E-state index in [4.69, 9.17) is 9.47 Å². The zero-order valence-corrected chi connectivity index (χ0v) is 15.4. The maximum atomic E-state index is 10.5. The summed E-state index contributed by atoms with van der Waals surface area (Å²) >= 11 is 0. The lowest BCUT2D eigenvalue weighted by Crippen LogP contribution is -2.46. The Labute approximate surface area is 159 Å². The molecule has 0 spiro atoms. The molecule has 4 atom stereocenters. The van der Waals surface area contributed by atoms with E-state index in [1.165, 1.54) is 11.1 Å². The van der Waals surface area contributed by atoms with Gasteiger partial charge in [-0.15, -0.1) is 0 Å². The van der Waals surface area contributed by atoms with E-state index < -0.39 is 12.2 Å². The van der Waals surface area contributed by atoms with Gasteiger partial charge in [-0.2, -0.15) is 0 Å². The van der Waals surface area contributed by atoms with Gasteiger partial charge in [-0.05, 0) is 48.9 Å². The Hall–Kier alpha value is -2.08. The molecule has 0 bridgehead atoms. The van der Waals surface area contributed by atoms with Crippen molar-refractivity contribution >= 4 is 0 Å². The fourth-order valence-electron chi connectivity index (χ4n) is 3.87. The average Bonchev–Trinajstić information content (AvgIpc) is 2.72. The Morgan fingerprint density at radius 2 is 1.22 bits per heavy atom. The molecule has 0 radical (unpaired) electrons. The summed E-state index contributed by atoms with van der Waals surface area (Å²) < 4.78 is 11.9. The fourth-order valence-corrected chi connectivity index (χ4v) is 3.87. The predicted molar refractivity (Wildman–Crippen MR) is 103 cm³/mol. The van der Waals surface area contributed by atoms with Crippen molar-refractivity contribution in [3.63, 3.8) is 0 Å². The molecule has 5 nitrogen and oxygen atoms in total. The number of aliphatic hydroxyl groups is 2. The van der Waals surface area contributed by atoms with Gasteiger partial charge < -0.3 is 25.0 Å². The highest BCUT2D eigenvalue weighted by molar-refractivity contribution is 5.36. The molecule has 4 rings (SSSR count). The topological polar surface area (TPSA) is 71.0 Å². The lowest BCUT2D eigenvalue weighted by molar-refractivity contribution is 0.00900. The van der Waals surface area contributed by atoms with Gasteiger partial charge in [0.05, 0.1) is 0 Å². The molecule has 144 valence electrons. The summed E-state index contributed by atoms with van der Waals surface area (Å²) in [5, 5.41) is 24.1. The third kappa shape index (κ3) is 4.26. The molecule has 0 saturated heterocycles. The minimum Gasteiger partial charge on any atom is -0.487 e. The van der Waals surface area contributed by atoms with Gasteiger partial charge in [0.1, 0.15) is 35.9 Å². The van der Waals surface area contributed by atoms with Crippen LogP contribution in [0.3, 0.4) is 0 Å². The third-order valence-corrected chi connectivity index (χ3v) is 5.46. The van der Waals surface area contributed by atoms with E-state index in [1.807, 2.05) is 36.4 Å². The normalized spacial score (nSPS) is 23.3. The van der Waals surface area contributed by atoms with Gasteiger partial charge in [-0.1, -0.05) is 36.4 Å². The van der Waals surface area contributed by atoms with Crippen molar-refractivity contribution in [2.75, 3.05) is 13.1 Å². The van der Waals surface area contributed by atoms with Crippen LogP contribution in [-0.4, -0.2) is 47.7 Å². The van der Waals surface area contributed by atoms with Crippen LogP contribution in [0.25, 0.3) is 0 Å². The predicted octanol–water partition coefficient (Wildman–Crippen LogP) is 2.09. The second-order valence-electron chi connectivity index (χ2n) is 7.40. The number of nitrogens with one attached hydrogen (secondary N) is 1. The van der Waals surface area contributed by atoms with Crippen LogP contribution < -0.4 is 14.8 Å². The first-order chi connectivity index (χ1) is 13.2. The van der Waals surface area contributed by atoms with E-state index >= 15 is 0 Å². The average molecular weight is 369 g/mol. The largest absolute Gasteiger partial charge is 0.487 e. The van der Waals surface area contributed by atoms with Gasteiger partial charge in [0, 0.05) is 13.1 Å². The maximum absolute atomic E-state index is 10.5. The number of fused-ring (bicyclic) bond motifs is 2. The highest BCUT2D eigenvalue weighted by atomic mass is 16.5. The van der Waals surface area contributed by atoms with Crippen LogP contribution in [0.5, 0.6) is 11.5 Å².